The average Bonchev–Trinajstić information content (AvgIpc) is 3.18. The molecule has 16 nitrogen and oxygen atoms in total. The molecule has 6 rings (SSSR count). The number of methoxy groups -OCH3 is 2. The number of hydrogen-bond acceptors (Lipinski definition) is 15. The van der Waals surface area contributed by atoms with Crippen LogP contribution in [0.3, 0.4) is 0 Å². The minimum absolute atomic E-state index is 0.0161. The lowest BCUT2D eigenvalue weighted by Gasteiger charge is -2.31. The van der Waals surface area contributed by atoms with Crippen LogP contribution in [0.15, 0.2) is 48.8 Å². The Bertz CT molecular complexity index is 2200. The zero-order chi connectivity index (χ0) is 41.5. The average molecular weight is 823 g/mol. The van der Waals surface area contributed by atoms with Gasteiger partial charge in [-0.05, 0) is 75.2 Å². The number of anilines is 4. The summed E-state index contributed by atoms with van der Waals surface area (Å²) in [5, 5.41) is 9.37. The van der Waals surface area contributed by atoms with Gasteiger partial charge in [-0.15, -0.1) is 0 Å². The first-order valence-electron chi connectivity index (χ1n) is 17.3. The van der Waals surface area contributed by atoms with Gasteiger partial charge in [-0.25, -0.2) is 27.2 Å². The lowest BCUT2D eigenvalue weighted by atomic mass is 10.0. The summed E-state index contributed by atoms with van der Waals surface area (Å²) in [6, 6.07) is 7.02. The summed E-state index contributed by atoms with van der Waals surface area (Å²) >= 11 is 0. The molecule has 2 aliphatic rings. The van der Waals surface area contributed by atoms with Crippen molar-refractivity contribution < 1.29 is 49.4 Å². The van der Waals surface area contributed by atoms with Gasteiger partial charge in [0.25, 0.3) is 0 Å². The van der Waals surface area contributed by atoms with Gasteiger partial charge in [0.1, 0.15) is 34.8 Å². The second kappa shape index (κ2) is 18.0. The van der Waals surface area contributed by atoms with Crippen LogP contribution in [-0.2, 0) is 10.0 Å². The van der Waals surface area contributed by atoms with E-state index in [1.807, 2.05) is 0 Å². The monoisotopic (exact) mass is 822 g/mol. The number of carbonyl (C=O) groups is 2. The SMILES string of the molecule is COc1ccc(F)cc1C(=O)c1cnc(NC2CCN(S(=O)(=O)C(F)(F)F)CC2)nc1N.COc1ccc(F)cc1C(=O)c1cnc(NC2CCNCC2)nc1N. The van der Waals surface area contributed by atoms with Crippen LogP contribution in [0, 0.1) is 11.6 Å². The summed E-state index contributed by atoms with van der Waals surface area (Å²) in [6.07, 6.45) is 4.59. The number of ketones is 2. The number of sulfonamides is 1. The molecule has 306 valence electrons. The molecule has 57 heavy (non-hydrogen) atoms. The van der Waals surface area contributed by atoms with E-state index in [0.29, 0.717) is 10.3 Å². The van der Waals surface area contributed by atoms with Gasteiger partial charge in [0.2, 0.25) is 23.5 Å². The van der Waals surface area contributed by atoms with Crippen molar-refractivity contribution in [1.82, 2.24) is 29.6 Å². The van der Waals surface area contributed by atoms with Crippen molar-refractivity contribution >= 4 is 45.1 Å². The molecular formula is C35H39F5N10O6S. The fourth-order valence-corrected chi connectivity index (χ4v) is 6.99. The van der Waals surface area contributed by atoms with Gasteiger partial charge in [-0.2, -0.15) is 27.4 Å². The highest BCUT2D eigenvalue weighted by atomic mass is 32.2. The quantitative estimate of drug-likeness (QED) is 0.107. The first-order chi connectivity index (χ1) is 27.0. The number of hydrogen-bond donors (Lipinski definition) is 5. The molecule has 0 radical (unpaired) electrons. The molecule has 4 aromatic rings. The molecule has 2 aromatic carbocycles. The number of nitrogens with two attached hydrogens (primary N) is 2. The van der Waals surface area contributed by atoms with E-state index in [9.17, 15) is 40.0 Å². The lowest BCUT2D eigenvalue weighted by molar-refractivity contribution is -0.0494. The third-order valence-corrected chi connectivity index (χ3v) is 10.7. The Morgan fingerprint density at radius 1 is 0.754 bits per heavy atom. The number of carbonyl (C=O) groups excluding carboxylic acids is 2. The normalized spacial score (nSPS) is 15.6. The van der Waals surface area contributed by atoms with Crippen LogP contribution >= 0.6 is 0 Å². The zero-order valence-corrected chi connectivity index (χ0v) is 31.4. The molecule has 0 aliphatic carbocycles. The topological polar surface area (TPSA) is 230 Å². The molecule has 22 heteroatoms. The van der Waals surface area contributed by atoms with Crippen LogP contribution in [0.4, 0.5) is 45.5 Å². The van der Waals surface area contributed by atoms with E-state index in [-0.39, 0.29) is 83.3 Å². The maximum Gasteiger partial charge on any atom is 0.511 e. The molecule has 2 saturated heterocycles. The Morgan fingerprint density at radius 3 is 1.56 bits per heavy atom. The molecule has 0 bridgehead atoms. The second-order valence-electron chi connectivity index (χ2n) is 12.8. The van der Waals surface area contributed by atoms with Gasteiger partial charge < -0.3 is 36.9 Å². The van der Waals surface area contributed by atoms with Gasteiger partial charge in [-0.3, -0.25) is 9.59 Å². The highest BCUT2D eigenvalue weighted by Crippen LogP contribution is 2.30. The van der Waals surface area contributed by atoms with Crippen molar-refractivity contribution in [2.75, 3.05) is 62.5 Å². The molecule has 0 amide bonds. The van der Waals surface area contributed by atoms with E-state index in [2.05, 4.69) is 35.9 Å². The van der Waals surface area contributed by atoms with Gasteiger partial charge in [0.05, 0.1) is 36.5 Å². The fraction of sp³-hybridized carbons (Fsp3) is 0.371. The van der Waals surface area contributed by atoms with Crippen molar-refractivity contribution in [1.29, 1.82) is 0 Å². The molecule has 0 atom stereocenters. The summed E-state index contributed by atoms with van der Waals surface area (Å²) in [5.74, 6) is -1.67. The zero-order valence-electron chi connectivity index (χ0n) is 30.6. The molecule has 2 aliphatic heterocycles. The number of benzene rings is 2. The molecule has 0 spiro atoms. The van der Waals surface area contributed by atoms with Crippen molar-refractivity contribution in [3.05, 3.63) is 82.7 Å². The van der Waals surface area contributed by atoms with E-state index in [4.69, 9.17) is 20.9 Å². The van der Waals surface area contributed by atoms with Crippen LogP contribution in [0.2, 0.25) is 0 Å². The van der Waals surface area contributed by atoms with Crippen molar-refractivity contribution in [3.63, 3.8) is 0 Å². The second-order valence-corrected chi connectivity index (χ2v) is 14.7. The Labute approximate surface area is 323 Å². The first kappa shape index (κ1) is 42.4. The fourth-order valence-electron chi connectivity index (χ4n) is 6.00. The minimum atomic E-state index is -5.37. The number of piperidine rings is 2. The van der Waals surface area contributed by atoms with Gasteiger partial charge in [-0.1, -0.05) is 0 Å². The van der Waals surface area contributed by atoms with Crippen molar-refractivity contribution in [3.8, 4) is 11.5 Å². The highest BCUT2D eigenvalue weighted by Gasteiger charge is 2.50. The standard InChI is InChI=1S/C18H19F4N5O4S.C17H20FN5O2/c1-31-14-3-2-10(19)8-12(14)15(28)13-9-24-17(26-16(13)23)25-11-4-6-27(7-5-11)32(29,30)18(20,21)22;1-25-14-3-2-10(18)8-12(14)15(24)13-9-21-17(23-16(13)19)22-11-4-6-20-7-5-11/h2-3,8-9,11H,4-7H2,1H3,(H3,23,24,25,26);2-3,8-9,11,20H,4-7H2,1H3,(H3,19,21,22,23). The highest BCUT2D eigenvalue weighted by molar-refractivity contribution is 7.90. The molecule has 4 heterocycles. The van der Waals surface area contributed by atoms with E-state index >= 15 is 0 Å². The summed E-state index contributed by atoms with van der Waals surface area (Å²) in [7, 11) is -2.64. The van der Waals surface area contributed by atoms with Crippen LogP contribution < -0.4 is 36.9 Å². The Balaban J connectivity index is 0.000000224. The van der Waals surface area contributed by atoms with Crippen LogP contribution in [0.25, 0.3) is 0 Å². The molecule has 2 fully saturated rings. The van der Waals surface area contributed by atoms with Crippen LogP contribution in [-0.4, -0.2) is 102 Å². The molecule has 0 saturated carbocycles. The number of ether oxygens (including phenoxy) is 2. The van der Waals surface area contributed by atoms with Gasteiger partial charge in [0, 0.05) is 37.6 Å². The number of nitrogen functional groups attached to an aromatic ring is 2. The third-order valence-electron chi connectivity index (χ3n) is 9.03. The van der Waals surface area contributed by atoms with Crippen LogP contribution in [0.1, 0.15) is 57.5 Å². The minimum Gasteiger partial charge on any atom is -0.496 e. The largest absolute Gasteiger partial charge is 0.511 e. The maximum absolute atomic E-state index is 13.6. The summed E-state index contributed by atoms with van der Waals surface area (Å²) in [5.41, 5.74) is 6.48. The summed E-state index contributed by atoms with van der Waals surface area (Å²) < 4.78 is 98.6. The third kappa shape index (κ3) is 10.2. The smallest absolute Gasteiger partial charge is 0.496 e. The number of halogens is 5. The number of aromatic nitrogens is 4. The lowest BCUT2D eigenvalue weighted by Crippen LogP contribution is -2.47. The number of nitrogens with one attached hydrogen (secondary N) is 3. The predicted octanol–water partition coefficient (Wildman–Crippen LogP) is 3.76. The van der Waals surface area contributed by atoms with Gasteiger partial charge >= 0.3 is 15.5 Å². The molecule has 2 aromatic heterocycles. The predicted molar refractivity (Wildman–Crippen MR) is 198 cm³/mol. The number of alkyl halides is 3. The Morgan fingerprint density at radius 2 is 1.18 bits per heavy atom. The van der Waals surface area contributed by atoms with E-state index in [1.54, 1.807) is 0 Å². The Kier molecular flexibility index (Phi) is 13.4. The maximum atomic E-state index is 13.6. The molecule has 0 unspecified atom stereocenters. The summed E-state index contributed by atoms with van der Waals surface area (Å²) in [6.45, 7) is 1.21. The first-order valence-corrected chi connectivity index (χ1v) is 18.8. The summed E-state index contributed by atoms with van der Waals surface area (Å²) in [4.78, 5) is 41.7. The van der Waals surface area contributed by atoms with Crippen LogP contribution in [0.5, 0.6) is 11.5 Å². The Hall–Kier alpha value is -5.74. The van der Waals surface area contributed by atoms with Crippen molar-refractivity contribution in [2.24, 2.45) is 0 Å². The number of nitrogens with zero attached hydrogens (tertiary/aromatic N) is 5. The molecular weight excluding hydrogens is 784 g/mol. The van der Waals surface area contributed by atoms with E-state index in [1.165, 1.54) is 38.6 Å². The molecule has 7 N–H and O–H groups in total. The van der Waals surface area contributed by atoms with E-state index < -0.39 is 44.8 Å². The van der Waals surface area contributed by atoms with Gasteiger partial charge in [0.15, 0.2) is 0 Å². The van der Waals surface area contributed by atoms with Crippen molar-refractivity contribution in [2.45, 2.75) is 43.3 Å². The number of rotatable bonds is 11. The van der Waals surface area contributed by atoms with E-state index in [0.717, 1.165) is 50.3 Å².